The molecule has 2 fully saturated rings. The van der Waals surface area contributed by atoms with E-state index in [0.717, 1.165) is 5.69 Å². The zero-order valence-electron chi connectivity index (χ0n) is 17.5. The molecular weight excluding hydrogens is 420 g/mol. The summed E-state index contributed by atoms with van der Waals surface area (Å²) in [5.41, 5.74) is 2.20. The van der Waals surface area contributed by atoms with Crippen LogP contribution in [0.15, 0.2) is 24.3 Å². The van der Waals surface area contributed by atoms with Crippen LogP contribution in [-0.4, -0.2) is 70.1 Å². The highest BCUT2D eigenvalue weighted by Crippen LogP contribution is 2.29. The third-order valence-corrected chi connectivity index (χ3v) is 6.11. The number of likely N-dealkylation sites (tertiary alicyclic amines) is 1. The van der Waals surface area contributed by atoms with Crippen molar-refractivity contribution < 1.29 is 19.4 Å². The lowest BCUT2D eigenvalue weighted by atomic mass is 10.1. The van der Waals surface area contributed by atoms with Crippen molar-refractivity contribution in [2.45, 2.75) is 38.4 Å². The van der Waals surface area contributed by atoms with E-state index in [1.165, 1.54) is 0 Å². The summed E-state index contributed by atoms with van der Waals surface area (Å²) in [6.07, 6.45) is -0.582. The number of benzene rings is 1. The number of carbonyl (C=O) groups is 1. The van der Waals surface area contributed by atoms with Crippen molar-refractivity contribution in [1.82, 2.24) is 14.9 Å². The van der Waals surface area contributed by atoms with Crippen molar-refractivity contribution in [3.05, 3.63) is 52.1 Å². The van der Waals surface area contributed by atoms with Crippen molar-refractivity contribution in [3.8, 4) is 5.75 Å². The van der Waals surface area contributed by atoms with Gasteiger partial charge in [-0.1, -0.05) is 30.7 Å². The molecule has 2 aliphatic heterocycles. The number of ether oxygens (including phenoxy) is 2. The quantitative estimate of drug-likeness (QED) is 0.733. The molecule has 1 aromatic carbocycles. The first-order chi connectivity index (χ1) is 14.9. The van der Waals surface area contributed by atoms with Gasteiger partial charge in [-0.05, 0) is 25.5 Å². The monoisotopic (exact) mass is 444 g/mol. The average Bonchev–Trinajstić information content (AvgIpc) is 3.35. The van der Waals surface area contributed by atoms with Crippen molar-refractivity contribution in [2.24, 2.45) is 0 Å². The first-order valence-corrected chi connectivity index (χ1v) is 10.7. The molecule has 164 valence electrons. The molecule has 1 aromatic heterocycles. The largest absolute Gasteiger partial charge is 0.484 e. The maximum Gasteiger partial charge on any atom is 0.257 e. The Morgan fingerprint density at radius 3 is 2.84 bits per heavy atom. The van der Waals surface area contributed by atoms with E-state index in [-0.39, 0.29) is 31.6 Å². The summed E-state index contributed by atoms with van der Waals surface area (Å²) in [5.74, 6) is 0.305. The maximum absolute atomic E-state index is 13.3. The van der Waals surface area contributed by atoms with Gasteiger partial charge in [-0.15, -0.1) is 0 Å². The molecule has 3 heterocycles. The van der Waals surface area contributed by atoms with Gasteiger partial charge in [0.1, 0.15) is 23.8 Å². The number of para-hydroxylation sites is 1. The normalized spacial score (nSPS) is 23.4. The van der Waals surface area contributed by atoms with Crippen molar-refractivity contribution in [2.75, 3.05) is 26.3 Å². The molecule has 0 aliphatic carbocycles. The molecule has 8 nitrogen and oxygen atoms in total. The third kappa shape index (κ3) is 4.28. The number of nitrogens with zero attached hydrogens (tertiary/aromatic N) is 3. The van der Waals surface area contributed by atoms with E-state index in [2.05, 4.69) is 9.97 Å². The lowest BCUT2D eigenvalue weighted by Gasteiger charge is -2.21. The second-order valence-corrected chi connectivity index (χ2v) is 8.18. The number of hydrogen-bond donors (Lipinski definition) is 2. The second kappa shape index (κ2) is 8.90. The summed E-state index contributed by atoms with van der Waals surface area (Å²) in [6.45, 7) is 4.78. The molecule has 2 aliphatic rings. The van der Waals surface area contributed by atoms with Crippen LogP contribution in [-0.2, 0) is 11.2 Å². The number of hydrogen-bond acceptors (Lipinski definition) is 7. The van der Waals surface area contributed by atoms with Gasteiger partial charge in [0.05, 0.1) is 47.7 Å². The van der Waals surface area contributed by atoms with Crippen LogP contribution < -0.4 is 4.74 Å². The van der Waals surface area contributed by atoms with Gasteiger partial charge >= 0.3 is 0 Å². The molecule has 2 aromatic rings. The number of aryl methyl sites for hydroxylation is 2. The summed E-state index contributed by atoms with van der Waals surface area (Å²) in [5, 5.41) is 19.0. The zero-order chi connectivity index (χ0) is 22.1. The van der Waals surface area contributed by atoms with Gasteiger partial charge in [-0.25, -0.2) is 9.97 Å². The number of nitrogens with one attached hydrogen (secondary N) is 1. The molecule has 0 spiro atoms. The molecule has 1 amide bonds. The van der Waals surface area contributed by atoms with Crippen molar-refractivity contribution in [3.63, 3.8) is 0 Å². The van der Waals surface area contributed by atoms with E-state index in [9.17, 15) is 9.90 Å². The highest BCUT2D eigenvalue weighted by atomic mass is 35.5. The summed E-state index contributed by atoms with van der Waals surface area (Å²) in [4.78, 5) is 23.9. The zero-order valence-corrected chi connectivity index (χ0v) is 18.2. The van der Waals surface area contributed by atoms with Crippen LogP contribution >= 0.6 is 11.6 Å². The number of halogens is 1. The number of amides is 1. The average molecular weight is 445 g/mol. The van der Waals surface area contributed by atoms with Gasteiger partial charge in [-0.2, -0.15) is 0 Å². The Labute approximate surface area is 185 Å². The fraction of sp³-hybridized carbons (Fsp3) is 0.455. The minimum atomic E-state index is -0.731. The topological polar surface area (TPSA) is 109 Å². The summed E-state index contributed by atoms with van der Waals surface area (Å²) in [6, 6.07) is 6.94. The van der Waals surface area contributed by atoms with Crippen LogP contribution in [0.25, 0.3) is 0 Å². The molecule has 4 rings (SSSR count). The predicted octanol–water partition coefficient (Wildman–Crippen LogP) is 2.40. The highest BCUT2D eigenvalue weighted by molar-refractivity contribution is 6.31. The molecule has 31 heavy (non-hydrogen) atoms. The van der Waals surface area contributed by atoms with E-state index < -0.39 is 12.2 Å². The van der Waals surface area contributed by atoms with E-state index in [1.807, 2.05) is 13.8 Å². The lowest BCUT2D eigenvalue weighted by Crippen LogP contribution is -2.32. The molecule has 0 saturated carbocycles. The Bertz CT molecular complexity index is 1020. The third-order valence-electron chi connectivity index (χ3n) is 5.62. The Kier molecular flexibility index (Phi) is 6.22. The predicted molar refractivity (Wildman–Crippen MR) is 115 cm³/mol. The van der Waals surface area contributed by atoms with Crippen LogP contribution in [0.3, 0.4) is 0 Å². The smallest absolute Gasteiger partial charge is 0.257 e. The number of carbonyl (C=O) groups excluding carboxylic acids is 1. The molecule has 3 atom stereocenters. The summed E-state index contributed by atoms with van der Waals surface area (Å²) >= 11 is 6.28. The van der Waals surface area contributed by atoms with Gasteiger partial charge in [0.15, 0.2) is 0 Å². The van der Waals surface area contributed by atoms with Gasteiger partial charge < -0.3 is 24.9 Å². The fourth-order valence-electron chi connectivity index (χ4n) is 3.85. The SMILES string of the molecule is CCc1nc(C2CN(C(=O)c3ccccc3OC3COCC3O)CC2=N)nc(C)c1Cl. The Morgan fingerprint density at radius 1 is 1.35 bits per heavy atom. The van der Waals surface area contributed by atoms with E-state index in [4.69, 9.17) is 26.5 Å². The second-order valence-electron chi connectivity index (χ2n) is 7.80. The molecular formula is C22H25ClN4O4. The number of aliphatic hydroxyl groups excluding tert-OH is 1. The van der Waals surface area contributed by atoms with Crippen LogP contribution in [0.2, 0.25) is 5.02 Å². The van der Waals surface area contributed by atoms with E-state index >= 15 is 0 Å². The van der Waals surface area contributed by atoms with Gasteiger partial charge in [0.2, 0.25) is 0 Å². The molecule has 0 bridgehead atoms. The highest BCUT2D eigenvalue weighted by Gasteiger charge is 2.36. The minimum Gasteiger partial charge on any atom is -0.484 e. The molecule has 2 saturated heterocycles. The van der Waals surface area contributed by atoms with Gasteiger partial charge in [0, 0.05) is 12.3 Å². The minimum absolute atomic E-state index is 0.194. The molecule has 2 N–H and O–H groups in total. The van der Waals surface area contributed by atoms with E-state index in [1.54, 1.807) is 29.2 Å². The Balaban J connectivity index is 1.55. The van der Waals surface area contributed by atoms with Crippen molar-refractivity contribution in [1.29, 1.82) is 5.41 Å². The molecule has 0 radical (unpaired) electrons. The number of rotatable bonds is 5. The van der Waals surface area contributed by atoms with E-state index in [0.29, 0.717) is 46.5 Å². The van der Waals surface area contributed by atoms with Gasteiger partial charge in [-0.3, -0.25) is 4.79 Å². The first kappa shape index (κ1) is 21.7. The first-order valence-electron chi connectivity index (χ1n) is 10.3. The van der Waals surface area contributed by atoms with Crippen molar-refractivity contribution >= 4 is 23.2 Å². The van der Waals surface area contributed by atoms with Gasteiger partial charge in [0.25, 0.3) is 5.91 Å². The Morgan fingerprint density at radius 2 is 2.13 bits per heavy atom. The molecule has 3 unspecified atom stereocenters. The van der Waals surface area contributed by atoms with Crippen LogP contribution in [0, 0.1) is 12.3 Å². The summed E-state index contributed by atoms with van der Waals surface area (Å²) < 4.78 is 11.1. The van der Waals surface area contributed by atoms with Crippen LogP contribution in [0.1, 0.15) is 40.4 Å². The standard InChI is InChI=1S/C22H25ClN4O4/c1-3-16-20(23)12(2)25-21(26-16)14-8-27(9-15(14)24)22(29)13-6-4-5-7-18(13)31-19-11-30-10-17(19)28/h4-7,14,17,19,24,28H,3,8-11H2,1-2H3. The number of aliphatic hydroxyl groups is 1. The molecule has 9 heteroatoms. The maximum atomic E-state index is 13.3. The van der Waals surface area contributed by atoms with Crippen LogP contribution in [0.4, 0.5) is 0 Å². The Hall–Kier alpha value is -2.55. The fourth-order valence-corrected chi connectivity index (χ4v) is 4.07. The lowest BCUT2D eigenvalue weighted by molar-refractivity contribution is 0.0685. The summed E-state index contributed by atoms with van der Waals surface area (Å²) in [7, 11) is 0. The number of aromatic nitrogens is 2. The van der Waals surface area contributed by atoms with Crippen LogP contribution in [0.5, 0.6) is 5.75 Å².